The zero-order valence-electron chi connectivity index (χ0n) is 15.2. The Labute approximate surface area is 179 Å². The van der Waals surface area contributed by atoms with E-state index in [4.69, 9.17) is 39.5 Å². The molecule has 0 aliphatic rings. The number of amides is 1. The molecule has 0 spiro atoms. The Kier molecular flexibility index (Phi) is 7.83. The number of anilines is 2. The van der Waals surface area contributed by atoms with Gasteiger partial charge in [-0.3, -0.25) is 9.10 Å². The highest BCUT2D eigenvalue weighted by Crippen LogP contribution is 2.31. The summed E-state index contributed by atoms with van der Waals surface area (Å²) in [4.78, 5) is 12.2. The van der Waals surface area contributed by atoms with Gasteiger partial charge in [-0.1, -0.05) is 40.9 Å². The lowest BCUT2D eigenvalue weighted by Gasteiger charge is -2.23. The van der Waals surface area contributed by atoms with E-state index in [1.165, 1.54) is 17.5 Å². The molecule has 0 aromatic heterocycles. The number of sulfonamides is 1. The average molecular weight is 466 g/mol. The van der Waals surface area contributed by atoms with Crippen molar-refractivity contribution in [2.24, 2.45) is 0 Å². The predicted molar refractivity (Wildman–Crippen MR) is 115 cm³/mol. The Morgan fingerprint density at radius 3 is 2.46 bits per heavy atom. The highest BCUT2D eigenvalue weighted by atomic mass is 35.5. The number of carbonyl (C=O) groups is 1. The van der Waals surface area contributed by atoms with Gasteiger partial charge < -0.3 is 10.1 Å². The Bertz CT molecular complexity index is 967. The van der Waals surface area contributed by atoms with Gasteiger partial charge in [0.05, 0.1) is 39.8 Å². The first-order valence-corrected chi connectivity index (χ1v) is 11.2. The largest absolute Gasteiger partial charge is 0.495 e. The summed E-state index contributed by atoms with van der Waals surface area (Å²) in [6.07, 6.45) is 1.48. The number of halogens is 3. The topological polar surface area (TPSA) is 75.7 Å². The zero-order valence-corrected chi connectivity index (χ0v) is 18.3. The van der Waals surface area contributed by atoms with E-state index < -0.39 is 10.0 Å². The van der Waals surface area contributed by atoms with Crippen LogP contribution in [0.2, 0.25) is 15.1 Å². The van der Waals surface area contributed by atoms with Gasteiger partial charge in [0, 0.05) is 13.0 Å². The van der Waals surface area contributed by atoms with Crippen molar-refractivity contribution in [1.29, 1.82) is 0 Å². The van der Waals surface area contributed by atoms with Crippen LogP contribution in [0.25, 0.3) is 0 Å². The zero-order chi connectivity index (χ0) is 20.9. The van der Waals surface area contributed by atoms with Crippen molar-refractivity contribution in [3.05, 3.63) is 51.5 Å². The van der Waals surface area contributed by atoms with Gasteiger partial charge in [-0.15, -0.1) is 0 Å². The molecule has 0 heterocycles. The Hall–Kier alpha value is -1.67. The number of methoxy groups -OCH3 is 1. The van der Waals surface area contributed by atoms with Crippen LogP contribution in [0.4, 0.5) is 11.4 Å². The molecule has 0 saturated carbocycles. The van der Waals surface area contributed by atoms with Crippen molar-refractivity contribution in [3.63, 3.8) is 0 Å². The minimum Gasteiger partial charge on any atom is -0.495 e. The fourth-order valence-corrected chi connectivity index (χ4v) is 4.05. The van der Waals surface area contributed by atoms with Crippen LogP contribution >= 0.6 is 34.8 Å². The summed E-state index contributed by atoms with van der Waals surface area (Å²) >= 11 is 18.1. The number of ether oxygens (including phenoxy) is 1. The molecule has 0 bridgehead atoms. The summed E-state index contributed by atoms with van der Waals surface area (Å²) < 4.78 is 30.6. The smallest absolute Gasteiger partial charge is 0.232 e. The highest BCUT2D eigenvalue weighted by Gasteiger charge is 2.19. The van der Waals surface area contributed by atoms with E-state index in [1.807, 2.05) is 0 Å². The first-order valence-electron chi connectivity index (χ1n) is 8.18. The van der Waals surface area contributed by atoms with E-state index >= 15 is 0 Å². The van der Waals surface area contributed by atoms with Gasteiger partial charge in [0.2, 0.25) is 15.9 Å². The minimum absolute atomic E-state index is 0.0960. The standard InChI is InChI=1S/C18H19Cl3N2O4S/c1-27-16-9-8-12(11-14(16)20)23(28(2,25)26)10-4-7-17(24)22-15-6-3-5-13(19)18(15)21/h3,5-6,8-9,11H,4,7,10H2,1-2H3,(H,22,24). The van der Waals surface area contributed by atoms with Gasteiger partial charge in [0.15, 0.2) is 0 Å². The maximum atomic E-state index is 12.2. The summed E-state index contributed by atoms with van der Waals surface area (Å²) in [7, 11) is -2.09. The first kappa shape index (κ1) is 22.6. The lowest BCUT2D eigenvalue weighted by molar-refractivity contribution is -0.116. The van der Waals surface area contributed by atoms with Crippen LogP contribution in [0.3, 0.4) is 0 Å². The molecule has 0 radical (unpaired) electrons. The molecule has 0 aliphatic heterocycles. The van der Waals surface area contributed by atoms with Gasteiger partial charge in [0.25, 0.3) is 0 Å². The molecule has 0 atom stereocenters. The van der Waals surface area contributed by atoms with Crippen LogP contribution in [0.5, 0.6) is 5.75 Å². The minimum atomic E-state index is -3.56. The van der Waals surface area contributed by atoms with Crippen LogP contribution in [0.1, 0.15) is 12.8 Å². The Morgan fingerprint density at radius 1 is 1.14 bits per heavy atom. The maximum Gasteiger partial charge on any atom is 0.232 e. The molecule has 2 aromatic carbocycles. The lowest BCUT2D eigenvalue weighted by Crippen LogP contribution is -2.31. The van der Waals surface area contributed by atoms with Crippen LogP contribution in [0.15, 0.2) is 36.4 Å². The molecule has 0 fully saturated rings. The monoisotopic (exact) mass is 464 g/mol. The third-order valence-corrected chi connectivity index (χ3v) is 6.12. The third-order valence-electron chi connectivity index (χ3n) is 3.81. The van der Waals surface area contributed by atoms with Crippen LogP contribution in [-0.4, -0.2) is 34.2 Å². The summed E-state index contributed by atoms with van der Waals surface area (Å²) in [5.41, 5.74) is 0.799. The Morgan fingerprint density at radius 2 is 1.86 bits per heavy atom. The van der Waals surface area contributed by atoms with Crippen LogP contribution in [-0.2, 0) is 14.8 Å². The molecule has 2 aromatic rings. The van der Waals surface area contributed by atoms with Crippen LogP contribution < -0.4 is 14.4 Å². The van der Waals surface area contributed by atoms with E-state index in [0.29, 0.717) is 33.6 Å². The molecule has 6 nitrogen and oxygen atoms in total. The summed E-state index contributed by atoms with van der Waals surface area (Å²) in [6.45, 7) is 0.109. The van der Waals surface area contributed by atoms with Crippen LogP contribution in [0, 0.1) is 0 Å². The Balaban J connectivity index is 2.03. The lowest BCUT2D eigenvalue weighted by atomic mass is 10.2. The molecule has 2 rings (SSSR count). The molecule has 0 saturated heterocycles. The highest BCUT2D eigenvalue weighted by molar-refractivity contribution is 7.92. The number of nitrogens with zero attached hydrogens (tertiary/aromatic N) is 1. The number of hydrogen-bond acceptors (Lipinski definition) is 4. The maximum absolute atomic E-state index is 12.2. The normalized spacial score (nSPS) is 11.2. The van der Waals surface area contributed by atoms with Crippen molar-refractivity contribution in [1.82, 2.24) is 0 Å². The number of hydrogen-bond donors (Lipinski definition) is 1. The van der Waals surface area contributed by atoms with Gasteiger partial charge in [-0.25, -0.2) is 8.42 Å². The van der Waals surface area contributed by atoms with Crippen molar-refractivity contribution in [2.45, 2.75) is 12.8 Å². The van der Waals surface area contributed by atoms with E-state index in [-0.39, 0.29) is 23.9 Å². The molecule has 0 aliphatic carbocycles. The van der Waals surface area contributed by atoms with E-state index in [9.17, 15) is 13.2 Å². The predicted octanol–water partition coefficient (Wildman–Crippen LogP) is 4.84. The van der Waals surface area contributed by atoms with E-state index in [0.717, 1.165) is 6.26 Å². The van der Waals surface area contributed by atoms with Crippen molar-refractivity contribution in [2.75, 3.05) is 29.5 Å². The molecule has 152 valence electrons. The average Bonchev–Trinajstić information content (AvgIpc) is 2.61. The number of rotatable bonds is 8. The summed E-state index contributed by atoms with van der Waals surface area (Å²) in [5, 5.41) is 3.55. The first-order chi connectivity index (χ1) is 13.1. The second kappa shape index (κ2) is 9.69. The second-order valence-electron chi connectivity index (χ2n) is 5.91. The van der Waals surface area contributed by atoms with Crippen molar-refractivity contribution in [3.8, 4) is 5.75 Å². The molecule has 10 heteroatoms. The molecule has 1 amide bonds. The summed E-state index contributed by atoms with van der Waals surface area (Å²) in [5.74, 6) is 0.141. The van der Waals surface area contributed by atoms with E-state index in [1.54, 1.807) is 30.3 Å². The van der Waals surface area contributed by atoms with Gasteiger partial charge in [-0.05, 0) is 36.8 Å². The third kappa shape index (κ3) is 5.91. The second-order valence-corrected chi connectivity index (χ2v) is 9.01. The number of carbonyl (C=O) groups excluding carboxylic acids is 1. The van der Waals surface area contributed by atoms with Crippen molar-refractivity contribution >= 4 is 62.1 Å². The molecular weight excluding hydrogens is 447 g/mol. The fourth-order valence-electron chi connectivity index (χ4n) is 2.49. The quantitative estimate of drug-likeness (QED) is 0.605. The SMILES string of the molecule is COc1ccc(N(CCCC(=O)Nc2cccc(Cl)c2Cl)S(C)(=O)=O)cc1Cl. The number of benzene rings is 2. The molecule has 1 N–H and O–H groups in total. The van der Waals surface area contributed by atoms with E-state index in [2.05, 4.69) is 5.32 Å². The van der Waals surface area contributed by atoms with Gasteiger partial charge in [0.1, 0.15) is 5.75 Å². The molecular formula is C18H19Cl3N2O4S. The van der Waals surface area contributed by atoms with Crippen molar-refractivity contribution < 1.29 is 17.9 Å². The fraction of sp³-hybridized carbons (Fsp3) is 0.278. The van der Waals surface area contributed by atoms with Gasteiger partial charge in [-0.2, -0.15) is 0 Å². The van der Waals surface area contributed by atoms with Gasteiger partial charge >= 0.3 is 0 Å². The molecule has 0 unspecified atom stereocenters. The molecule has 28 heavy (non-hydrogen) atoms. The summed E-state index contributed by atoms with van der Waals surface area (Å²) in [6, 6.07) is 9.61. The number of nitrogens with one attached hydrogen (secondary N) is 1.